The molecule has 0 spiro atoms. The maximum Gasteiger partial charge on any atom is 0.317 e. The van der Waals surface area contributed by atoms with E-state index in [1.54, 1.807) is 11.0 Å². The number of rotatable bonds is 7. The number of carboxylic acids is 1. The van der Waals surface area contributed by atoms with E-state index < -0.39 is 10.9 Å². The van der Waals surface area contributed by atoms with E-state index in [0.29, 0.717) is 12.1 Å². The highest BCUT2D eigenvalue weighted by molar-refractivity contribution is 6.31. The zero-order chi connectivity index (χ0) is 15.3. The first kappa shape index (κ1) is 16.4. The fourth-order valence-electron chi connectivity index (χ4n) is 1.99. The van der Waals surface area contributed by atoms with Crippen LogP contribution in [0.2, 0.25) is 5.02 Å². The van der Waals surface area contributed by atoms with Crippen LogP contribution in [0.25, 0.3) is 0 Å². The topological polar surface area (TPSA) is 83.7 Å². The van der Waals surface area contributed by atoms with E-state index in [0.717, 1.165) is 0 Å². The molecule has 0 atom stereocenters. The summed E-state index contributed by atoms with van der Waals surface area (Å²) in [4.78, 5) is 23.0. The first-order chi connectivity index (χ1) is 9.31. The van der Waals surface area contributed by atoms with Crippen LogP contribution in [0, 0.1) is 16.0 Å². The lowest BCUT2D eigenvalue weighted by Gasteiger charge is -2.22. The number of hydrogen-bond donors (Lipinski definition) is 1. The number of nitro benzene ring substituents is 1. The Labute approximate surface area is 122 Å². The smallest absolute Gasteiger partial charge is 0.317 e. The second-order valence-electron chi connectivity index (χ2n) is 4.95. The quantitative estimate of drug-likeness (QED) is 0.618. The molecule has 0 unspecified atom stereocenters. The van der Waals surface area contributed by atoms with E-state index in [1.165, 1.54) is 12.1 Å². The van der Waals surface area contributed by atoms with E-state index in [9.17, 15) is 14.9 Å². The van der Waals surface area contributed by atoms with Gasteiger partial charge in [0.05, 0.1) is 22.1 Å². The predicted octanol–water partition coefficient (Wildman–Crippen LogP) is 2.79. The lowest BCUT2D eigenvalue weighted by Crippen LogP contribution is -2.32. The van der Waals surface area contributed by atoms with Crippen LogP contribution in [-0.4, -0.2) is 34.0 Å². The molecule has 0 aliphatic carbocycles. The van der Waals surface area contributed by atoms with Crippen molar-refractivity contribution < 1.29 is 14.8 Å². The monoisotopic (exact) mass is 300 g/mol. The van der Waals surface area contributed by atoms with Gasteiger partial charge < -0.3 is 5.11 Å². The van der Waals surface area contributed by atoms with Crippen molar-refractivity contribution in [3.8, 4) is 0 Å². The molecule has 0 aromatic heterocycles. The van der Waals surface area contributed by atoms with Crippen molar-refractivity contribution in [3.63, 3.8) is 0 Å². The summed E-state index contributed by atoms with van der Waals surface area (Å²) in [6, 6.07) is 4.45. The standard InChI is InChI=1S/C13H17ClN2O4/c1-9(2)6-15(8-13(17)18)7-10-11(14)4-3-5-12(10)16(19)20/h3-5,9H,6-8H2,1-2H3,(H,17,18). The molecule has 0 amide bonds. The van der Waals surface area contributed by atoms with E-state index in [4.69, 9.17) is 16.7 Å². The Balaban J connectivity index is 3.03. The molecular formula is C13H17ClN2O4. The van der Waals surface area contributed by atoms with Crippen LogP contribution in [0.5, 0.6) is 0 Å². The van der Waals surface area contributed by atoms with Crippen molar-refractivity contribution in [2.45, 2.75) is 20.4 Å². The number of aliphatic carboxylic acids is 1. The molecule has 20 heavy (non-hydrogen) atoms. The first-order valence-corrected chi connectivity index (χ1v) is 6.55. The van der Waals surface area contributed by atoms with Gasteiger partial charge in [-0.2, -0.15) is 0 Å². The molecule has 0 bridgehead atoms. The highest BCUT2D eigenvalue weighted by Gasteiger charge is 2.21. The third-order valence-corrected chi connectivity index (χ3v) is 3.01. The third kappa shape index (κ3) is 4.79. The molecule has 0 aliphatic heterocycles. The van der Waals surface area contributed by atoms with Crippen molar-refractivity contribution in [3.05, 3.63) is 38.9 Å². The SMILES string of the molecule is CC(C)CN(CC(=O)O)Cc1c(Cl)cccc1[N+](=O)[O-]. The Kier molecular flexibility index (Phi) is 5.91. The molecule has 0 heterocycles. The van der Waals surface area contributed by atoms with Crippen LogP contribution in [0.15, 0.2) is 18.2 Å². The summed E-state index contributed by atoms with van der Waals surface area (Å²) in [6.07, 6.45) is 0. The minimum Gasteiger partial charge on any atom is -0.480 e. The van der Waals surface area contributed by atoms with E-state index in [1.807, 2.05) is 13.8 Å². The van der Waals surface area contributed by atoms with Crippen LogP contribution < -0.4 is 0 Å². The minimum atomic E-state index is -0.972. The normalized spacial score (nSPS) is 11.1. The molecule has 1 rings (SSSR count). The average molecular weight is 301 g/mol. The number of benzene rings is 1. The van der Waals surface area contributed by atoms with Gasteiger partial charge in [-0.15, -0.1) is 0 Å². The van der Waals surface area contributed by atoms with Gasteiger partial charge >= 0.3 is 5.97 Å². The van der Waals surface area contributed by atoms with Crippen LogP contribution in [-0.2, 0) is 11.3 Å². The average Bonchev–Trinajstić information content (AvgIpc) is 2.29. The van der Waals surface area contributed by atoms with Crippen molar-refractivity contribution in [2.24, 2.45) is 5.92 Å². The first-order valence-electron chi connectivity index (χ1n) is 6.17. The summed E-state index contributed by atoms with van der Waals surface area (Å²) in [7, 11) is 0. The molecule has 0 saturated heterocycles. The van der Waals surface area contributed by atoms with Crippen molar-refractivity contribution in [1.82, 2.24) is 4.90 Å². The van der Waals surface area contributed by atoms with Crippen LogP contribution >= 0.6 is 11.6 Å². The molecule has 1 aromatic carbocycles. The van der Waals surface area contributed by atoms with Crippen molar-refractivity contribution in [1.29, 1.82) is 0 Å². The molecule has 7 heteroatoms. The lowest BCUT2D eigenvalue weighted by atomic mass is 10.1. The fraction of sp³-hybridized carbons (Fsp3) is 0.462. The summed E-state index contributed by atoms with van der Waals surface area (Å²) in [5, 5.41) is 20.2. The molecule has 0 fully saturated rings. The van der Waals surface area contributed by atoms with Gasteiger partial charge in [0.25, 0.3) is 5.69 Å². The van der Waals surface area contributed by atoms with E-state index in [-0.39, 0.29) is 29.7 Å². The predicted molar refractivity (Wildman–Crippen MR) is 75.9 cm³/mol. The summed E-state index contributed by atoms with van der Waals surface area (Å²) in [6.45, 7) is 4.39. The Morgan fingerprint density at radius 2 is 2.15 bits per heavy atom. The van der Waals surface area contributed by atoms with Crippen molar-refractivity contribution in [2.75, 3.05) is 13.1 Å². The number of carboxylic acid groups (broad SMARTS) is 1. The zero-order valence-corrected chi connectivity index (χ0v) is 12.1. The number of hydrogen-bond acceptors (Lipinski definition) is 4. The summed E-state index contributed by atoms with van der Waals surface area (Å²) in [5.74, 6) is -0.726. The van der Waals surface area contributed by atoms with Crippen LogP contribution in [0.1, 0.15) is 19.4 Å². The Hall–Kier alpha value is -1.66. The molecule has 0 aliphatic rings. The minimum absolute atomic E-state index is 0.0864. The third-order valence-electron chi connectivity index (χ3n) is 2.65. The summed E-state index contributed by atoms with van der Waals surface area (Å²) < 4.78 is 0. The van der Waals surface area contributed by atoms with Gasteiger partial charge in [-0.25, -0.2) is 0 Å². The number of halogens is 1. The van der Waals surface area contributed by atoms with Gasteiger partial charge in [0, 0.05) is 19.2 Å². The van der Waals surface area contributed by atoms with E-state index >= 15 is 0 Å². The van der Waals surface area contributed by atoms with Crippen molar-refractivity contribution >= 4 is 23.3 Å². The van der Waals surface area contributed by atoms with Gasteiger partial charge in [-0.05, 0) is 12.0 Å². The van der Waals surface area contributed by atoms with Crippen LogP contribution in [0.3, 0.4) is 0 Å². The molecule has 1 N–H and O–H groups in total. The zero-order valence-electron chi connectivity index (χ0n) is 11.4. The second-order valence-corrected chi connectivity index (χ2v) is 5.36. The Bertz CT molecular complexity index is 505. The van der Waals surface area contributed by atoms with Gasteiger partial charge in [0.2, 0.25) is 0 Å². The largest absolute Gasteiger partial charge is 0.480 e. The Morgan fingerprint density at radius 3 is 2.65 bits per heavy atom. The maximum atomic E-state index is 11.0. The summed E-state index contributed by atoms with van der Waals surface area (Å²) >= 11 is 6.01. The number of nitrogens with zero attached hydrogens (tertiary/aromatic N) is 2. The molecule has 0 radical (unpaired) electrons. The maximum absolute atomic E-state index is 11.0. The van der Waals surface area contributed by atoms with Gasteiger partial charge in [0.15, 0.2) is 0 Å². The molecule has 6 nitrogen and oxygen atoms in total. The van der Waals surface area contributed by atoms with E-state index in [2.05, 4.69) is 0 Å². The number of nitro groups is 1. The highest BCUT2D eigenvalue weighted by atomic mass is 35.5. The summed E-state index contributed by atoms with van der Waals surface area (Å²) in [5.41, 5.74) is 0.262. The van der Waals surface area contributed by atoms with Crippen LogP contribution in [0.4, 0.5) is 5.69 Å². The second kappa shape index (κ2) is 7.21. The fourth-order valence-corrected chi connectivity index (χ4v) is 2.22. The molecular weight excluding hydrogens is 284 g/mol. The molecule has 0 saturated carbocycles. The van der Waals surface area contributed by atoms with Gasteiger partial charge in [-0.3, -0.25) is 19.8 Å². The highest BCUT2D eigenvalue weighted by Crippen LogP contribution is 2.27. The van der Waals surface area contributed by atoms with Gasteiger partial charge in [0.1, 0.15) is 0 Å². The Morgan fingerprint density at radius 1 is 1.50 bits per heavy atom. The lowest BCUT2D eigenvalue weighted by molar-refractivity contribution is -0.385. The molecule has 1 aromatic rings. The van der Waals surface area contributed by atoms with Gasteiger partial charge in [-0.1, -0.05) is 31.5 Å². The number of carbonyl (C=O) groups is 1. The molecule has 110 valence electrons.